The van der Waals surface area contributed by atoms with Gasteiger partial charge in [-0.05, 0) is 33.5 Å². The summed E-state index contributed by atoms with van der Waals surface area (Å²) in [6.07, 6.45) is 1.72. The van der Waals surface area contributed by atoms with Crippen molar-refractivity contribution in [1.29, 1.82) is 0 Å². The molecule has 0 aliphatic carbocycles. The van der Waals surface area contributed by atoms with Crippen molar-refractivity contribution in [1.82, 2.24) is 15.1 Å². The molecule has 0 radical (unpaired) electrons. The number of likely N-dealkylation sites (N-methyl/N-ethyl adjacent to an activating group) is 1. The van der Waals surface area contributed by atoms with E-state index in [4.69, 9.17) is 0 Å². The Labute approximate surface area is 99.0 Å². The second-order valence-electron chi connectivity index (χ2n) is 4.66. The fourth-order valence-electron chi connectivity index (χ4n) is 2.26. The minimum atomic E-state index is 0.295. The van der Waals surface area contributed by atoms with Crippen LogP contribution in [-0.4, -0.2) is 61.5 Å². The molecule has 1 heterocycles. The quantitative estimate of drug-likeness (QED) is 0.712. The molecule has 1 N–H and O–H groups in total. The molecule has 4 heteroatoms. The van der Waals surface area contributed by atoms with E-state index in [0.717, 1.165) is 39.1 Å². The Hall–Kier alpha value is -0.610. The van der Waals surface area contributed by atoms with Gasteiger partial charge in [-0.2, -0.15) is 0 Å². The first-order valence-electron chi connectivity index (χ1n) is 6.34. The van der Waals surface area contributed by atoms with E-state index in [1.54, 1.807) is 0 Å². The lowest BCUT2D eigenvalue weighted by Gasteiger charge is -2.28. The molecule has 0 aromatic carbocycles. The number of hydrogen-bond donors (Lipinski definition) is 1. The highest BCUT2D eigenvalue weighted by Gasteiger charge is 2.23. The second kappa shape index (κ2) is 6.86. The number of amides is 1. The van der Waals surface area contributed by atoms with Crippen molar-refractivity contribution >= 4 is 5.91 Å². The summed E-state index contributed by atoms with van der Waals surface area (Å²) in [6.45, 7) is 8.95. The molecule has 1 atom stereocenters. The Morgan fingerprint density at radius 1 is 1.44 bits per heavy atom. The Bertz CT molecular complexity index is 220. The maximum absolute atomic E-state index is 12.0. The molecule has 0 saturated carbocycles. The van der Waals surface area contributed by atoms with Crippen LogP contribution >= 0.6 is 0 Å². The van der Waals surface area contributed by atoms with Crippen LogP contribution in [0.3, 0.4) is 0 Å². The normalized spacial score (nSPS) is 23.2. The van der Waals surface area contributed by atoms with Gasteiger partial charge in [-0.15, -0.1) is 0 Å². The average molecular weight is 227 g/mol. The SMILES string of the molecule is CCNCCC(=O)N1CCCN(C)CC1C. The van der Waals surface area contributed by atoms with Crippen LogP contribution in [0.4, 0.5) is 0 Å². The predicted octanol–water partition coefficient (Wildman–Crippen LogP) is 0.539. The summed E-state index contributed by atoms with van der Waals surface area (Å²) < 4.78 is 0. The molecule has 1 amide bonds. The van der Waals surface area contributed by atoms with Crippen LogP contribution in [-0.2, 0) is 4.79 Å². The van der Waals surface area contributed by atoms with Crippen molar-refractivity contribution in [3.63, 3.8) is 0 Å². The van der Waals surface area contributed by atoms with Gasteiger partial charge in [0.1, 0.15) is 0 Å². The first-order valence-corrected chi connectivity index (χ1v) is 6.34. The van der Waals surface area contributed by atoms with E-state index in [9.17, 15) is 4.79 Å². The second-order valence-corrected chi connectivity index (χ2v) is 4.66. The van der Waals surface area contributed by atoms with Gasteiger partial charge in [-0.25, -0.2) is 0 Å². The topological polar surface area (TPSA) is 35.6 Å². The number of carbonyl (C=O) groups is 1. The van der Waals surface area contributed by atoms with Gasteiger partial charge in [0.05, 0.1) is 0 Å². The van der Waals surface area contributed by atoms with Crippen LogP contribution in [0.15, 0.2) is 0 Å². The van der Waals surface area contributed by atoms with E-state index in [1.807, 2.05) is 4.90 Å². The summed E-state index contributed by atoms with van der Waals surface area (Å²) in [5.41, 5.74) is 0. The number of rotatable bonds is 4. The Balaban J connectivity index is 2.40. The van der Waals surface area contributed by atoms with E-state index >= 15 is 0 Å². The third kappa shape index (κ3) is 4.10. The highest BCUT2D eigenvalue weighted by molar-refractivity contribution is 5.76. The monoisotopic (exact) mass is 227 g/mol. The number of carbonyl (C=O) groups excluding carboxylic acids is 1. The van der Waals surface area contributed by atoms with Crippen LogP contribution in [0.1, 0.15) is 26.7 Å². The molecular weight excluding hydrogens is 202 g/mol. The van der Waals surface area contributed by atoms with Crippen LogP contribution in [0.2, 0.25) is 0 Å². The first kappa shape index (κ1) is 13.5. The van der Waals surface area contributed by atoms with Crippen molar-refractivity contribution in [3.8, 4) is 0 Å². The van der Waals surface area contributed by atoms with Crippen LogP contribution < -0.4 is 5.32 Å². The summed E-state index contributed by atoms with van der Waals surface area (Å²) in [4.78, 5) is 16.4. The number of hydrogen-bond acceptors (Lipinski definition) is 3. The molecular formula is C12H25N3O. The predicted molar refractivity (Wildman–Crippen MR) is 66.4 cm³/mol. The highest BCUT2D eigenvalue weighted by Crippen LogP contribution is 2.09. The summed E-state index contributed by atoms with van der Waals surface area (Å²) in [5, 5.41) is 3.20. The van der Waals surface area contributed by atoms with Crippen molar-refractivity contribution < 1.29 is 4.79 Å². The fraction of sp³-hybridized carbons (Fsp3) is 0.917. The van der Waals surface area contributed by atoms with E-state index in [1.165, 1.54) is 0 Å². The van der Waals surface area contributed by atoms with E-state index in [2.05, 4.69) is 31.1 Å². The maximum Gasteiger partial charge on any atom is 0.224 e. The van der Waals surface area contributed by atoms with Gasteiger partial charge >= 0.3 is 0 Å². The fourth-order valence-corrected chi connectivity index (χ4v) is 2.26. The zero-order valence-corrected chi connectivity index (χ0v) is 10.8. The van der Waals surface area contributed by atoms with Crippen LogP contribution in [0.5, 0.6) is 0 Å². The summed E-state index contributed by atoms with van der Waals surface area (Å²) in [5.74, 6) is 0.295. The van der Waals surface area contributed by atoms with Crippen molar-refractivity contribution in [3.05, 3.63) is 0 Å². The molecule has 1 saturated heterocycles. The van der Waals surface area contributed by atoms with E-state index < -0.39 is 0 Å². The zero-order chi connectivity index (χ0) is 12.0. The molecule has 0 aromatic heterocycles. The molecule has 1 aliphatic rings. The molecule has 1 rings (SSSR count). The molecule has 1 aliphatic heterocycles. The molecule has 16 heavy (non-hydrogen) atoms. The Morgan fingerprint density at radius 3 is 2.88 bits per heavy atom. The third-order valence-corrected chi connectivity index (χ3v) is 3.13. The van der Waals surface area contributed by atoms with Gasteiger partial charge in [0.25, 0.3) is 0 Å². The van der Waals surface area contributed by atoms with Gasteiger partial charge in [-0.1, -0.05) is 6.92 Å². The molecule has 0 bridgehead atoms. The Morgan fingerprint density at radius 2 is 2.19 bits per heavy atom. The third-order valence-electron chi connectivity index (χ3n) is 3.13. The molecule has 0 aromatic rings. The summed E-state index contributed by atoms with van der Waals surface area (Å²) >= 11 is 0. The molecule has 0 spiro atoms. The average Bonchev–Trinajstić information content (AvgIpc) is 2.39. The minimum absolute atomic E-state index is 0.295. The smallest absolute Gasteiger partial charge is 0.224 e. The van der Waals surface area contributed by atoms with Gasteiger partial charge in [0, 0.05) is 32.1 Å². The molecule has 1 unspecified atom stereocenters. The maximum atomic E-state index is 12.0. The van der Waals surface area contributed by atoms with Crippen LogP contribution in [0, 0.1) is 0 Å². The number of nitrogens with zero attached hydrogens (tertiary/aromatic N) is 2. The van der Waals surface area contributed by atoms with Gasteiger partial charge in [-0.3, -0.25) is 4.79 Å². The van der Waals surface area contributed by atoms with Gasteiger partial charge < -0.3 is 15.1 Å². The molecule has 94 valence electrons. The lowest BCUT2D eigenvalue weighted by atomic mass is 10.2. The first-order chi connectivity index (χ1) is 7.65. The zero-order valence-electron chi connectivity index (χ0n) is 10.8. The van der Waals surface area contributed by atoms with Gasteiger partial charge in [0.15, 0.2) is 0 Å². The largest absolute Gasteiger partial charge is 0.339 e. The number of nitrogens with one attached hydrogen (secondary N) is 1. The van der Waals surface area contributed by atoms with Crippen molar-refractivity contribution in [2.45, 2.75) is 32.7 Å². The lowest BCUT2D eigenvalue weighted by Crippen LogP contribution is -2.42. The Kier molecular flexibility index (Phi) is 5.77. The highest BCUT2D eigenvalue weighted by atomic mass is 16.2. The van der Waals surface area contributed by atoms with E-state index in [-0.39, 0.29) is 0 Å². The summed E-state index contributed by atoms with van der Waals surface area (Å²) in [7, 11) is 2.13. The standard InChI is InChI=1S/C12H25N3O/c1-4-13-7-6-12(16)15-9-5-8-14(3)10-11(15)2/h11,13H,4-10H2,1-3H3. The van der Waals surface area contributed by atoms with E-state index in [0.29, 0.717) is 18.4 Å². The van der Waals surface area contributed by atoms with Crippen molar-refractivity contribution in [2.24, 2.45) is 0 Å². The lowest BCUT2D eigenvalue weighted by molar-refractivity contribution is -0.132. The van der Waals surface area contributed by atoms with Gasteiger partial charge in [0.2, 0.25) is 5.91 Å². The summed E-state index contributed by atoms with van der Waals surface area (Å²) in [6, 6.07) is 0.349. The minimum Gasteiger partial charge on any atom is -0.339 e. The van der Waals surface area contributed by atoms with Crippen molar-refractivity contribution in [2.75, 3.05) is 39.8 Å². The molecule has 4 nitrogen and oxygen atoms in total. The van der Waals surface area contributed by atoms with Crippen LogP contribution in [0.25, 0.3) is 0 Å². The molecule has 1 fully saturated rings.